The first kappa shape index (κ1) is 32.2. The zero-order valence-corrected chi connectivity index (χ0v) is 29.3. The molecule has 6 rings (SSSR count). The molecule has 1 aliphatic heterocycles. The highest BCUT2D eigenvalue weighted by Gasteiger charge is 2.39. The van der Waals surface area contributed by atoms with E-state index in [1.54, 1.807) is 24.0 Å². The van der Waals surface area contributed by atoms with Gasteiger partial charge in [0, 0.05) is 35.9 Å². The van der Waals surface area contributed by atoms with Gasteiger partial charge in [-0.25, -0.2) is 14.2 Å². The van der Waals surface area contributed by atoms with Crippen LogP contribution in [-0.2, 0) is 26.9 Å². The Balaban J connectivity index is 1.23. The van der Waals surface area contributed by atoms with Crippen LogP contribution in [0.15, 0.2) is 42.9 Å². The lowest BCUT2D eigenvalue weighted by atomic mass is 9.72. The summed E-state index contributed by atoms with van der Waals surface area (Å²) in [5, 5.41) is 6.47. The van der Waals surface area contributed by atoms with Gasteiger partial charge in [0.25, 0.3) is 0 Å². The third-order valence-corrected chi connectivity index (χ3v) is 15.1. The van der Waals surface area contributed by atoms with E-state index in [-0.39, 0.29) is 24.6 Å². The molecule has 1 fully saturated rings. The lowest BCUT2D eigenvalue weighted by Crippen LogP contribution is -2.43. The number of ether oxygens (including phenoxy) is 1. The van der Waals surface area contributed by atoms with E-state index in [9.17, 15) is 9.18 Å². The van der Waals surface area contributed by atoms with Gasteiger partial charge in [-0.2, -0.15) is 5.10 Å². The standard InChI is InChI=1S/C34H41Cl2FN4O3Si/c1-7-43-33(42)32(31-28-14-24(37)16-40(28)19-38-31)41-17-26-27(35)15-25(29(36)30(26)39-41)22-10-8-21(9-11-22)23-12-20(13-23)18-44-45(5,6)34(2,3)4/h8-11,15,17,19-20,23-24,32H,7,12-14,16,18H2,1-6H3/t20?,23?,24-,32?/m1/s1. The van der Waals surface area contributed by atoms with Crippen LogP contribution in [0.3, 0.4) is 0 Å². The molecule has 11 heteroatoms. The summed E-state index contributed by atoms with van der Waals surface area (Å²) in [4.78, 5) is 17.7. The number of aromatic nitrogens is 4. The van der Waals surface area contributed by atoms with Crippen molar-refractivity contribution < 1.29 is 18.3 Å². The maximum atomic E-state index is 14.2. The zero-order valence-electron chi connectivity index (χ0n) is 26.7. The number of hydrogen-bond donors (Lipinski definition) is 0. The average molecular weight is 672 g/mol. The molecule has 2 atom stereocenters. The number of halogens is 3. The van der Waals surface area contributed by atoms with E-state index in [1.807, 2.05) is 6.07 Å². The zero-order chi connectivity index (χ0) is 32.3. The number of carbonyl (C=O) groups is 1. The lowest BCUT2D eigenvalue weighted by molar-refractivity contribution is -0.146. The number of carbonyl (C=O) groups excluding carboxylic acids is 1. The summed E-state index contributed by atoms with van der Waals surface area (Å²) in [5.74, 6) is 0.609. The Labute approximate surface area is 275 Å². The molecule has 2 aromatic heterocycles. The third kappa shape index (κ3) is 6.09. The Morgan fingerprint density at radius 2 is 1.89 bits per heavy atom. The van der Waals surface area contributed by atoms with Crippen LogP contribution in [0, 0.1) is 5.92 Å². The molecule has 1 saturated carbocycles. The highest BCUT2D eigenvalue weighted by molar-refractivity contribution is 6.74. The molecule has 0 spiro atoms. The molecule has 0 saturated heterocycles. The number of nitrogens with zero attached hydrogens (tertiary/aromatic N) is 4. The van der Waals surface area contributed by atoms with Crippen molar-refractivity contribution in [2.45, 2.75) is 89.8 Å². The van der Waals surface area contributed by atoms with Crippen molar-refractivity contribution in [1.29, 1.82) is 0 Å². The second-order valence-corrected chi connectivity index (χ2v) is 19.6. The Morgan fingerprint density at radius 3 is 2.56 bits per heavy atom. The van der Waals surface area contributed by atoms with Crippen molar-refractivity contribution in [2.24, 2.45) is 5.92 Å². The molecule has 7 nitrogen and oxygen atoms in total. The number of fused-ring (bicyclic) bond motifs is 2. The summed E-state index contributed by atoms with van der Waals surface area (Å²) in [6.45, 7) is 14.5. The first-order chi connectivity index (χ1) is 21.3. The van der Waals surface area contributed by atoms with Crippen LogP contribution in [0.2, 0.25) is 28.2 Å². The van der Waals surface area contributed by atoms with Gasteiger partial charge < -0.3 is 13.7 Å². The van der Waals surface area contributed by atoms with Crippen LogP contribution < -0.4 is 0 Å². The van der Waals surface area contributed by atoms with E-state index < -0.39 is 26.5 Å². The predicted octanol–water partition coefficient (Wildman–Crippen LogP) is 8.77. The van der Waals surface area contributed by atoms with Crippen LogP contribution in [0.4, 0.5) is 4.39 Å². The fraction of sp³-hybridized carbons (Fsp3) is 0.500. The van der Waals surface area contributed by atoms with Crippen LogP contribution >= 0.6 is 23.2 Å². The van der Waals surface area contributed by atoms with Gasteiger partial charge >= 0.3 is 5.97 Å². The fourth-order valence-electron chi connectivity index (χ4n) is 6.17. The Hall–Kier alpha value is -2.72. The summed E-state index contributed by atoms with van der Waals surface area (Å²) in [6, 6.07) is 9.36. The molecule has 1 aliphatic carbocycles. The summed E-state index contributed by atoms with van der Waals surface area (Å²) in [6.07, 6.45) is 4.68. The van der Waals surface area contributed by atoms with Crippen molar-refractivity contribution in [3.8, 4) is 11.1 Å². The molecule has 0 radical (unpaired) electrons. The van der Waals surface area contributed by atoms with Crippen molar-refractivity contribution in [3.05, 3.63) is 69.9 Å². The molecular formula is C34H41Cl2FN4O3Si. The van der Waals surface area contributed by atoms with Gasteiger partial charge in [0.05, 0.1) is 35.2 Å². The van der Waals surface area contributed by atoms with E-state index in [4.69, 9.17) is 37.5 Å². The second-order valence-electron chi connectivity index (χ2n) is 14.0. The van der Waals surface area contributed by atoms with Gasteiger partial charge in [0.2, 0.25) is 0 Å². The van der Waals surface area contributed by atoms with Crippen molar-refractivity contribution in [3.63, 3.8) is 0 Å². The highest BCUT2D eigenvalue weighted by Crippen LogP contribution is 2.45. The maximum Gasteiger partial charge on any atom is 0.337 e. The summed E-state index contributed by atoms with van der Waals surface area (Å²) in [7, 11) is -1.73. The molecule has 2 aromatic carbocycles. The largest absolute Gasteiger partial charge is 0.464 e. The SMILES string of the molecule is CCOC(=O)C(c1ncn2c1C[C@@H](F)C2)n1cc2c(Cl)cc(-c3ccc(C4CC(CO[Si](C)(C)C(C)(C)C)C4)cc3)c(Cl)c2n1. The van der Waals surface area contributed by atoms with Crippen molar-refractivity contribution >= 4 is 48.4 Å². The van der Waals surface area contributed by atoms with Gasteiger partial charge in [0.15, 0.2) is 14.4 Å². The average Bonchev–Trinajstić information content (AvgIpc) is 3.65. The van der Waals surface area contributed by atoms with Gasteiger partial charge in [-0.3, -0.25) is 4.68 Å². The molecule has 240 valence electrons. The van der Waals surface area contributed by atoms with Gasteiger partial charge in [-0.1, -0.05) is 68.2 Å². The third-order valence-electron chi connectivity index (χ3n) is 9.94. The maximum absolute atomic E-state index is 14.2. The molecular weight excluding hydrogens is 630 g/mol. The predicted molar refractivity (Wildman–Crippen MR) is 179 cm³/mol. The normalized spacial score (nSPS) is 20.7. The van der Waals surface area contributed by atoms with E-state index in [2.05, 4.69) is 63.1 Å². The van der Waals surface area contributed by atoms with Crippen molar-refractivity contribution in [2.75, 3.05) is 13.2 Å². The molecule has 0 bridgehead atoms. The van der Waals surface area contributed by atoms with Crippen molar-refractivity contribution in [1.82, 2.24) is 19.3 Å². The minimum Gasteiger partial charge on any atom is -0.464 e. The molecule has 1 unspecified atom stereocenters. The summed E-state index contributed by atoms with van der Waals surface area (Å²) in [5.41, 5.74) is 4.57. The number of imidazole rings is 1. The van der Waals surface area contributed by atoms with E-state index >= 15 is 0 Å². The minimum atomic E-state index is -1.73. The Morgan fingerprint density at radius 1 is 1.18 bits per heavy atom. The Bertz CT molecular complexity index is 1720. The van der Waals surface area contributed by atoms with Crippen LogP contribution in [0.5, 0.6) is 0 Å². The quantitative estimate of drug-likeness (QED) is 0.131. The van der Waals surface area contributed by atoms with Gasteiger partial charge in [-0.15, -0.1) is 0 Å². The number of rotatable bonds is 9. The van der Waals surface area contributed by atoms with Gasteiger partial charge in [0.1, 0.15) is 11.7 Å². The number of benzene rings is 2. The molecule has 3 heterocycles. The minimum absolute atomic E-state index is 0.180. The first-order valence-electron chi connectivity index (χ1n) is 15.7. The summed E-state index contributed by atoms with van der Waals surface area (Å²) >= 11 is 13.8. The molecule has 0 N–H and O–H groups in total. The first-order valence-corrected chi connectivity index (χ1v) is 19.4. The molecule has 2 aliphatic rings. The monoisotopic (exact) mass is 670 g/mol. The second kappa shape index (κ2) is 12.1. The lowest BCUT2D eigenvalue weighted by Gasteiger charge is -2.41. The van der Waals surface area contributed by atoms with Crippen LogP contribution in [0.25, 0.3) is 22.0 Å². The number of esters is 1. The van der Waals surface area contributed by atoms with Crippen LogP contribution in [0.1, 0.15) is 69.4 Å². The topological polar surface area (TPSA) is 71.2 Å². The van der Waals surface area contributed by atoms with Gasteiger partial charge in [-0.05, 0) is 66.9 Å². The van der Waals surface area contributed by atoms with Crippen LogP contribution in [-0.4, -0.2) is 53.0 Å². The van der Waals surface area contributed by atoms with E-state index in [1.165, 1.54) is 10.2 Å². The highest BCUT2D eigenvalue weighted by atomic mass is 35.5. The molecule has 45 heavy (non-hydrogen) atoms. The Kier molecular flexibility index (Phi) is 8.69. The van der Waals surface area contributed by atoms with E-state index in [0.717, 1.165) is 30.6 Å². The number of alkyl halides is 1. The van der Waals surface area contributed by atoms with E-state index in [0.29, 0.717) is 44.2 Å². The molecule has 4 aromatic rings. The smallest absolute Gasteiger partial charge is 0.337 e. The molecule has 0 amide bonds. The summed E-state index contributed by atoms with van der Waals surface area (Å²) < 4.78 is 29.3. The number of hydrogen-bond acceptors (Lipinski definition) is 5. The fourth-order valence-corrected chi connectivity index (χ4v) is 7.81.